The van der Waals surface area contributed by atoms with Crippen LogP contribution in [-0.2, 0) is 4.79 Å². The molecule has 1 N–H and O–H groups in total. The second kappa shape index (κ2) is 7.27. The van der Waals surface area contributed by atoms with Crippen LogP contribution in [0.4, 0.5) is 0 Å². The first-order valence-electron chi connectivity index (χ1n) is 7.36. The van der Waals surface area contributed by atoms with Gasteiger partial charge in [-0.2, -0.15) is 0 Å². The summed E-state index contributed by atoms with van der Waals surface area (Å²) in [6.45, 7) is 3.68. The van der Waals surface area contributed by atoms with Gasteiger partial charge in [0.25, 0.3) is 0 Å². The van der Waals surface area contributed by atoms with E-state index in [1.54, 1.807) is 13.2 Å². The number of piperidine rings is 1. The van der Waals surface area contributed by atoms with Crippen LogP contribution in [0.5, 0.6) is 5.75 Å². The molecule has 21 heavy (non-hydrogen) atoms. The number of hydrogen-bond acceptors (Lipinski definition) is 3. The summed E-state index contributed by atoms with van der Waals surface area (Å²) in [5, 5.41) is 9.12. The van der Waals surface area contributed by atoms with E-state index in [-0.39, 0.29) is 12.5 Å². The largest absolute Gasteiger partial charge is 0.496 e. The van der Waals surface area contributed by atoms with Gasteiger partial charge in [0.15, 0.2) is 0 Å². The van der Waals surface area contributed by atoms with Crippen LogP contribution >= 0.6 is 0 Å². The molecule has 1 fully saturated rings. The lowest BCUT2D eigenvalue weighted by Crippen LogP contribution is -2.38. The van der Waals surface area contributed by atoms with Crippen LogP contribution in [0.3, 0.4) is 0 Å². The number of likely N-dealkylation sites (tertiary alicyclic amines) is 1. The Morgan fingerprint density at radius 2 is 2.14 bits per heavy atom. The number of ether oxygens (including phenoxy) is 1. The Morgan fingerprint density at radius 3 is 2.76 bits per heavy atom. The molecule has 1 aliphatic heterocycles. The Morgan fingerprint density at radius 1 is 1.43 bits per heavy atom. The minimum atomic E-state index is 0.0231. The van der Waals surface area contributed by atoms with Crippen molar-refractivity contribution in [1.82, 2.24) is 4.90 Å². The Bertz CT molecular complexity index is 517. The van der Waals surface area contributed by atoms with Gasteiger partial charge in [-0.3, -0.25) is 4.79 Å². The highest BCUT2D eigenvalue weighted by Crippen LogP contribution is 2.21. The molecule has 0 unspecified atom stereocenters. The fourth-order valence-corrected chi connectivity index (χ4v) is 2.59. The molecule has 1 amide bonds. The first kappa shape index (κ1) is 15.6. The van der Waals surface area contributed by atoms with Crippen LogP contribution in [-0.4, -0.2) is 42.7 Å². The highest BCUT2D eigenvalue weighted by molar-refractivity contribution is 5.92. The zero-order valence-electron chi connectivity index (χ0n) is 12.7. The average Bonchev–Trinajstić information content (AvgIpc) is 2.52. The highest BCUT2D eigenvalue weighted by Gasteiger charge is 2.20. The monoisotopic (exact) mass is 289 g/mol. The summed E-state index contributed by atoms with van der Waals surface area (Å²) in [6, 6.07) is 5.89. The van der Waals surface area contributed by atoms with Crippen molar-refractivity contribution in [2.45, 2.75) is 19.8 Å². The van der Waals surface area contributed by atoms with Gasteiger partial charge >= 0.3 is 0 Å². The third-order valence-electron chi connectivity index (χ3n) is 3.98. The molecule has 4 nitrogen and oxygen atoms in total. The van der Waals surface area contributed by atoms with Crippen LogP contribution in [0.15, 0.2) is 24.3 Å². The maximum atomic E-state index is 12.2. The molecule has 1 saturated heterocycles. The number of aryl methyl sites for hydroxylation is 1. The van der Waals surface area contributed by atoms with Gasteiger partial charge in [-0.05, 0) is 43.9 Å². The molecule has 0 aliphatic carbocycles. The summed E-state index contributed by atoms with van der Waals surface area (Å²) < 4.78 is 5.30. The minimum absolute atomic E-state index is 0.0231. The Balaban J connectivity index is 2.01. The van der Waals surface area contributed by atoms with Crippen molar-refractivity contribution in [2.75, 3.05) is 26.8 Å². The van der Waals surface area contributed by atoms with Gasteiger partial charge in [-0.15, -0.1) is 0 Å². The van der Waals surface area contributed by atoms with Crippen molar-refractivity contribution in [1.29, 1.82) is 0 Å². The van der Waals surface area contributed by atoms with E-state index in [0.717, 1.165) is 42.8 Å². The number of methoxy groups -OCH3 is 1. The van der Waals surface area contributed by atoms with E-state index in [1.165, 1.54) is 0 Å². The highest BCUT2D eigenvalue weighted by atomic mass is 16.5. The van der Waals surface area contributed by atoms with Gasteiger partial charge in [0.2, 0.25) is 5.91 Å². The van der Waals surface area contributed by atoms with Gasteiger partial charge in [-0.25, -0.2) is 0 Å². The third-order valence-corrected chi connectivity index (χ3v) is 3.98. The summed E-state index contributed by atoms with van der Waals surface area (Å²) in [5.41, 5.74) is 2.04. The predicted molar refractivity (Wildman–Crippen MR) is 83.2 cm³/mol. The van der Waals surface area contributed by atoms with Crippen LogP contribution in [0.1, 0.15) is 24.0 Å². The lowest BCUT2D eigenvalue weighted by molar-refractivity contribution is -0.127. The summed E-state index contributed by atoms with van der Waals surface area (Å²) in [6.07, 6.45) is 5.18. The number of amides is 1. The van der Waals surface area contributed by atoms with E-state index in [0.29, 0.717) is 5.92 Å². The quantitative estimate of drug-likeness (QED) is 0.865. The molecule has 1 aromatic carbocycles. The van der Waals surface area contributed by atoms with Gasteiger partial charge in [0, 0.05) is 31.3 Å². The number of aliphatic hydroxyl groups excluding tert-OH is 1. The number of aliphatic hydroxyl groups is 1. The van der Waals surface area contributed by atoms with E-state index in [1.807, 2.05) is 36.1 Å². The van der Waals surface area contributed by atoms with Crippen LogP contribution < -0.4 is 4.74 Å². The standard InChI is InChI=1S/C17H23NO3/c1-13-3-5-16(21-2)15(11-13)4-6-17(20)18-9-7-14(12-19)8-10-18/h3-6,11,14,19H,7-10,12H2,1-2H3/b6-4+. The first-order chi connectivity index (χ1) is 10.1. The fraction of sp³-hybridized carbons (Fsp3) is 0.471. The molecule has 1 aliphatic rings. The smallest absolute Gasteiger partial charge is 0.246 e. The molecule has 1 aromatic rings. The zero-order valence-corrected chi connectivity index (χ0v) is 12.7. The number of nitrogens with zero attached hydrogens (tertiary/aromatic N) is 1. The molecular formula is C17H23NO3. The molecular weight excluding hydrogens is 266 g/mol. The second-order valence-corrected chi connectivity index (χ2v) is 5.53. The molecule has 0 atom stereocenters. The Labute approximate surface area is 126 Å². The number of hydrogen-bond donors (Lipinski definition) is 1. The normalized spacial score (nSPS) is 16.4. The van der Waals surface area contributed by atoms with Crippen LogP contribution in [0, 0.1) is 12.8 Å². The van der Waals surface area contributed by atoms with Crippen molar-refractivity contribution >= 4 is 12.0 Å². The molecule has 0 radical (unpaired) electrons. The summed E-state index contributed by atoms with van der Waals surface area (Å²) in [4.78, 5) is 14.0. The van der Waals surface area contributed by atoms with Crippen LogP contribution in [0.2, 0.25) is 0 Å². The predicted octanol–water partition coefficient (Wildman–Crippen LogP) is 2.25. The van der Waals surface area contributed by atoms with Crippen molar-refractivity contribution < 1.29 is 14.6 Å². The summed E-state index contributed by atoms with van der Waals surface area (Å²) in [7, 11) is 1.63. The van der Waals surface area contributed by atoms with E-state index in [2.05, 4.69) is 0 Å². The maximum Gasteiger partial charge on any atom is 0.246 e. The maximum absolute atomic E-state index is 12.2. The number of rotatable bonds is 4. The molecule has 114 valence electrons. The topological polar surface area (TPSA) is 49.8 Å². The van der Waals surface area contributed by atoms with Gasteiger partial charge in [-0.1, -0.05) is 11.6 Å². The minimum Gasteiger partial charge on any atom is -0.496 e. The lowest BCUT2D eigenvalue weighted by Gasteiger charge is -2.30. The lowest BCUT2D eigenvalue weighted by atomic mass is 9.98. The van der Waals surface area contributed by atoms with Gasteiger partial charge in [0.05, 0.1) is 7.11 Å². The number of carbonyl (C=O) groups is 1. The molecule has 0 spiro atoms. The van der Waals surface area contributed by atoms with Gasteiger partial charge in [0.1, 0.15) is 5.75 Å². The Hall–Kier alpha value is -1.81. The van der Waals surface area contributed by atoms with E-state index in [4.69, 9.17) is 9.84 Å². The van der Waals surface area contributed by atoms with Crippen molar-refractivity contribution in [2.24, 2.45) is 5.92 Å². The number of carbonyl (C=O) groups excluding carboxylic acids is 1. The summed E-state index contributed by atoms with van der Waals surface area (Å²) in [5.74, 6) is 1.13. The van der Waals surface area contributed by atoms with E-state index in [9.17, 15) is 4.79 Å². The molecule has 2 rings (SSSR count). The molecule has 0 bridgehead atoms. The molecule has 0 saturated carbocycles. The van der Waals surface area contributed by atoms with E-state index >= 15 is 0 Å². The third kappa shape index (κ3) is 4.08. The fourth-order valence-electron chi connectivity index (χ4n) is 2.59. The molecule has 0 aromatic heterocycles. The first-order valence-corrected chi connectivity index (χ1v) is 7.36. The summed E-state index contributed by atoms with van der Waals surface area (Å²) >= 11 is 0. The van der Waals surface area contributed by atoms with E-state index < -0.39 is 0 Å². The van der Waals surface area contributed by atoms with Crippen molar-refractivity contribution in [3.63, 3.8) is 0 Å². The molecule has 1 heterocycles. The number of benzene rings is 1. The zero-order chi connectivity index (χ0) is 15.2. The van der Waals surface area contributed by atoms with Gasteiger partial charge < -0.3 is 14.7 Å². The second-order valence-electron chi connectivity index (χ2n) is 5.53. The van der Waals surface area contributed by atoms with Crippen molar-refractivity contribution in [3.8, 4) is 5.75 Å². The Kier molecular flexibility index (Phi) is 5.39. The van der Waals surface area contributed by atoms with Crippen LogP contribution in [0.25, 0.3) is 6.08 Å². The molecule has 4 heteroatoms. The SMILES string of the molecule is COc1ccc(C)cc1/C=C/C(=O)N1CCC(CO)CC1. The average molecular weight is 289 g/mol. The van der Waals surface area contributed by atoms with Crippen molar-refractivity contribution in [3.05, 3.63) is 35.4 Å².